The van der Waals surface area contributed by atoms with Crippen molar-refractivity contribution in [2.24, 2.45) is 11.3 Å². The van der Waals surface area contributed by atoms with Gasteiger partial charge in [0.1, 0.15) is 0 Å². The van der Waals surface area contributed by atoms with Crippen molar-refractivity contribution in [1.82, 2.24) is 8.10 Å². The number of esters is 1. The summed E-state index contributed by atoms with van der Waals surface area (Å²) in [5, 5.41) is 0. The number of nitrogens with zero attached hydrogens (tertiary/aromatic N) is 2. The molecule has 1 aliphatic carbocycles. The molecule has 1 spiro atoms. The Hall–Kier alpha value is -1.47. The molecule has 0 aromatic carbocycles. The van der Waals surface area contributed by atoms with Gasteiger partial charge in [0.05, 0.1) is 17.9 Å². The Balaban J connectivity index is 2.19. The van der Waals surface area contributed by atoms with Crippen LogP contribution < -0.4 is 0 Å². The first-order valence-electron chi connectivity index (χ1n) is 10.6. The normalized spacial score (nSPS) is 25.1. The summed E-state index contributed by atoms with van der Waals surface area (Å²) in [6.45, 7) is 13.1. The van der Waals surface area contributed by atoms with E-state index >= 15 is 0 Å². The summed E-state index contributed by atoms with van der Waals surface area (Å²) < 4.78 is 7.71. The standard InChI is InChI=1S/C24H31IN2O2/c1-5-9-18-20(22-19(10-8-13-26-22)23(28)29-7-3)16-24(21(18)6-2)12-15-27(25)14-11-17(24)4/h6,8,10,13,16-17H,2,5,7,9,11-12,14-15H2,1,3-4H3. The van der Waals surface area contributed by atoms with E-state index in [0.29, 0.717) is 18.1 Å². The van der Waals surface area contributed by atoms with Gasteiger partial charge in [-0.1, -0.05) is 39.0 Å². The highest BCUT2D eigenvalue weighted by Crippen LogP contribution is 2.55. The van der Waals surface area contributed by atoms with E-state index < -0.39 is 0 Å². The quantitative estimate of drug-likeness (QED) is 0.270. The smallest absolute Gasteiger partial charge is 0.340 e. The molecular formula is C24H31IN2O2. The van der Waals surface area contributed by atoms with Crippen LogP contribution >= 0.6 is 22.9 Å². The second-order valence-corrected chi connectivity index (χ2v) is 9.28. The number of carbonyl (C=O) groups excluding carboxylic acids is 1. The largest absolute Gasteiger partial charge is 0.462 e. The van der Waals surface area contributed by atoms with Crippen molar-refractivity contribution in [3.63, 3.8) is 0 Å². The highest BCUT2D eigenvalue weighted by atomic mass is 127. The van der Waals surface area contributed by atoms with Crippen LogP contribution in [0.5, 0.6) is 0 Å². The molecule has 29 heavy (non-hydrogen) atoms. The van der Waals surface area contributed by atoms with Crippen LogP contribution in [0.1, 0.15) is 62.5 Å². The van der Waals surface area contributed by atoms with Gasteiger partial charge in [-0.15, -0.1) is 0 Å². The maximum atomic E-state index is 12.6. The predicted octanol–water partition coefficient (Wildman–Crippen LogP) is 6.01. The number of halogens is 1. The molecule has 5 heteroatoms. The maximum Gasteiger partial charge on any atom is 0.340 e. The molecule has 1 fully saturated rings. The first-order valence-corrected chi connectivity index (χ1v) is 11.6. The van der Waals surface area contributed by atoms with Crippen molar-refractivity contribution in [2.75, 3.05) is 19.7 Å². The van der Waals surface area contributed by atoms with Gasteiger partial charge in [-0.25, -0.2) is 7.91 Å². The van der Waals surface area contributed by atoms with Gasteiger partial charge in [0, 0.05) is 53.1 Å². The number of hydrogen-bond acceptors (Lipinski definition) is 4. The number of ether oxygens (including phenoxy) is 1. The third kappa shape index (κ3) is 4.22. The molecule has 2 aliphatic rings. The van der Waals surface area contributed by atoms with Crippen LogP contribution in [0.4, 0.5) is 0 Å². The van der Waals surface area contributed by atoms with Crippen LogP contribution in [0.2, 0.25) is 0 Å². The van der Waals surface area contributed by atoms with Crippen LogP contribution in [0, 0.1) is 11.3 Å². The van der Waals surface area contributed by atoms with Crippen molar-refractivity contribution in [2.45, 2.75) is 46.5 Å². The maximum absolute atomic E-state index is 12.6. The molecule has 1 saturated heterocycles. The molecule has 0 N–H and O–H groups in total. The molecule has 2 unspecified atom stereocenters. The van der Waals surface area contributed by atoms with Gasteiger partial charge in [-0.2, -0.15) is 0 Å². The Morgan fingerprint density at radius 3 is 2.93 bits per heavy atom. The van der Waals surface area contributed by atoms with Crippen molar-refractivity contribution < 1.29 is 9.53 Å². The van der Waals surface area contributed by atoms with E-state index in [-0.39, 0.29) is 11.4 Å². The summed E-state index contributed by atoms with van der Waals surface area (Å²) in [5.41, 5.74) is 4.96. The molecule has 0 bridgehead atoms. The lowest BCUT2D eigenvalue weighted by molar-refractivity contribution is 0.0525. The fourth-order valence-electron chi connectivity index (χ4n) is 4.76. The minimum Gasteiger partial charge on any atom is -0.462 e. The lowest BCUT2D eigenvalue weighted by Crippen LogP contribution is -2.27. The average molecular weight is 506 g/mol. The first kappa shape index (κ1) is 22.2. The van der Waals surface area contributed by atoms with E-state index in [1.54, 1.807) is 12.3 Å². The first-order chi connectivity index (χ1) is 14.0. The molecule has 156 valence electrons. The second-order valence-electron chi connectivity index (χ2n) is 7.91. The van der Waals surface area contributed by atoms with E-state index in [9.17, 15) is 4.79 Å². The Morgan fingerprint density at radius 1 is 1.45 bits per heavy atom. The topological polar surface area (TPSA) is 42.4 Å². The Bertz CT molecular complexity index is 845. The summed E-state index contributed by atoms with van der Waals surface area (Å²) in [4.78, 5) is 17.3. The van der Waals surface area contributed by atoms with Gasteiger partial charge >= 0.3 is 5.97 Å². The van der Waals surface area contributed by atoms with E-state index in [2.05, 4.69) is 63.5 Å². The molecule has 0 saturated carbocycles. The summed E-state index contributed by atoms with van der Waals surface area (Å²) in [6, 6.07) is 3.63. The zero-order chi connectivity index (χ0) is 21.0. The zero-order valence-electron chi connectivity index (χ0n) is 17.7. The molecular weight excluding hydrogens is 475 g/mol. The molecule has 1 aromatic heterocycles. The van der Waals surface area contributed by atoms with E-state index in [1.165, 1.54) is 11.1 Å². The third-order valence-electron chi connectivity index (χ3n) is 6.27. The molecule has 1 aliphatic heterocycles. The molecule has 1 aromatic rings. The molecule has 0 amide bonds. The Labute approximate surface area is 188 Å². The minimum absolute atomic E-state index is 0.0506. The van der Waals surface area contributed by atoms with E-state index in [1.807, 2.05) is 13.0 Å². The third-order valence-corrected chi connectivity index (χ3v) is 7.23. The highest BCUT2D eigenvalue weighted by molar-refractivity contribution is 14.1. The van der Waals surface area contributed by atoms with Crippen LogP contribution in [-0.4, -0.2) is 33.8 Å². The van der Waals surface area contributed by atoms with Crippen LogP contribution in [-0.2, 0) is 4.74 Å². The Morgan fingerprint density at radius 2 is 2.24 bits per heavy atom. The summed E-state index contributed by atoms with van der Waals surface area (Å²) in [7, 11) is 0. The SMILES string of the molecule is C=CC1=C(CCC)C(c2ncccc2C(=O)OCC)=CC12CCN(I)CCC2C. The number of rotatable bonds is 6. The van der Waals surface area contributed by atoms with Gasteiger partial charge < -0.3 is 4.74 Å². The Kier molecular flexibility index (Phi) is 7.32. The number of allylic oxidation sites excluding steroid dienone is 5. The monoisotopic (exact) mass is 506 g/mol. The van der Waals surface area contributed by atoms with Crippen molar-refractivity contribution in [1.29, 1.82) is 0 Å². The van der Waals surface area contributed by atoms with Crippen molar-refractivity contribution in [3.8, 4) is 0 Å². The molecule has 2 atom stereocenters. The lowest BCUT2D eigenvalue weighted by atomic mass is 9.69. The molecule has 4 nitrogen and oxygen atoms in total. The van der Waals surface area contributed by atoms with Crippen molar-refractivity contribution >= 4 is 34.4 Å². The van der Waals surface area contributed by atoms with Crippen LogP contribution in [0.25, 0.3) is 5.57 Å². The fourth-order valence-corrected chi connectivity index (χ4v) is 5.28. The second kappa shape index (κ2) is 9.56. The van der Waals surface area contributed by atoms with Crippen LogP contribution in [0.15, 0.2) is 48.2 Å². The number of aromatic nitrogens is 1. The number of hydrogen-bond donors (Lipinski definition) is 0. The average Bonchev–Trinajstić information content (AvgIpc) is 2.97. The summed E-state index contributed by atoms with van der Waals surface area (Å²) in [5.74, 6) is 0.190. The van der Waals surface area contributed by atoms with Crippen molar-refractivity contribution in [3.05, 3.63) is 59.5 Å². The van der Waals surface area contributed by atoms with Gasteiger partial charge in [0.25, 0.3) is 0 Å². The molecule has 3 rings (SSSR count). The number of carbonyl (C=O) groups is 1. The fraction of sp³-hybridized carbons (Fsp3) is 0.500. The van der Waals surface area contributed by atoms with E-state index in [4.69, 9.17) is 4.74 Å². The summed E-state index contributed by atoms with van der Waals surface area (Å²) >= 11 is 2.44. The molecule has 2 heterocycles. The molecule has 0 radical (unpaired) electrons. The minimum atomic E-state index is -0.305. The van der Waals surface area contributed by atoms with Gasteiger partial charge in [-0.3, -0.25) is 4.98 Å². The van der Waals surface area contributed by atoms with Crippen LogP contribution in [0.3, 0.4) is 0 Å². The van der Waals surface area contributed by atoms with E-state index in [0.717, 1.165) is 50.0 Å². The lowest BCUT2D eigenvalue weighted by Gasteiger charge is -2.34. The van der Waals surface area contributed by atoms with Gasteiger partial charge in [0.15, 0.2) is 0 Å². The number of pyridine rings is 1. The van der Waals surface area contributed by atoms with Gasteiger partial charge in [0.2, 0.25) is 0 Å². The zero-order valence-corrected chi connectivity index (χ0v) is 19.9. The highest BCUT2D eigenvalue weighted by Gasteiger charge is 2.44. The predicted molar refractivity (Wildman–Crippen MR) is 127 cm³/mol. The summed E-state index contributed by atoms with van der Waals surface area (Å²) in [6.07, 6.45) is 10.4. The van der Waals surface area contributed by atoms with Gasteiger partial charge in [-0.05, 0) is 55.4 Å².